The average molecular weight is 500 g/mol. The van der Waals surface area contributed by atoms with Crippen molar-refractivity contribution in [2.75, 3.05) is 13.2 Å². The number of aliphatic hydroxyl groups excluding tert-OH is 5. The lowest BCUT2D eigenvalue weighted by atomic mass is 10.1. The summed E-state index contributed by atoms with van der Waals surface area (Å²) < 4.78 is 12.7. The van der Waals surface area contributed by atoms with E-state index in [0.29, 0.717) is 5.56 Å². The highest BCUT2D eigenvalue weighted by Gasteiger charge is 2.43. The van der Waals surface area contributed by atoms with Crippen LogP contribution >= 0.6 is 0 Å². The van der Waals surface area contributed by atoms with Gasteiger partial charge >= 0.3 is 11.4 Å². The quantitative estimate of drug-likeness (QED) is 0.213. The van der Waals surface area contributed by atoms with Crippen molar-refractivity contribution >= 4 is 0 Å². The van der Waals surface area contributed by atoms with Crippen molar-refractivity contribution in [3.8, 4) is 0 Å². The van der Waals surface area contributed by atoms with Crippen LogP contribution in [0, 0.1) is 13.8 Å². The molecule has 0 saturated carbocycles. The first-order valence-corrected chi connectivity index (χ1v) is 10.7. The third-order valence-corrected chi connectivity index (χ3v) is 5.78. The van der Waals surface area contributed by atoms with Crippen LogP contribution in [0.25, 0.3) is 0 Å². The molecule has 0 bridgehead atoms. The summed E-state index contributed by atoms with van der Waals surface area (Å²) in [5, 5.41) is 46.8. The number of nitrogens with one attached hydrogen (secondary N) is 2. The fourth-order valence-corrected chi connectivity index (χ4v) is 3.74. The Kier molecular flexibility index (Phi) is 8.22. The van der Waals surface area contributed by atoms with Gasteiger partial charge in [0.15, 0.2) is 6.23 Å². The Morgan fingerprint density at radius 3 is 1.83 bits per heavy atom. The fraction of sp³-hybridized carbons (Fsp3) is 0.600. The summed E-state index contributed by atoms with van der Waals surface area (Å²) in [6, 6.07) is 0. The van der Waals surface area contributed by atoms with E-state index in [4.69, 9.17) is 19.7 Å². The zero-order valence-electron chi connectivity index (χ0n) is 18.9. The van der Waals surface area contributed by atoms with Crippen molar-refractivity contribution in [3.05, 3.63) is 65.2 Å². The van der Waals surface area contributed by atoms with E-state index >= 15 is 0 Å². The Bertz CT molecular complexity index is 1270. The van der Waals surface area contributed by atoms with Crippen LogP contribution in [-0.4, -0.2) is 88.4 Å². The van der Waals surface area contributed by atoms with Crippen LogP contribution in [0.15, 0.2) is 31.6 Å². The minimum atomic E-state index is -1.36. The number of aliphatic hydroxyl groups is 5. The maximum absolute atomic E-state index is 11.6. The predicted molar refractivity (Wildman–Crippen MR) is 117 cm³/mol. The number of hydrogen-bond donors (Lipinski definition) is 7. The van der Waals surface area contributed by atoms with Gasteiger partial charge in [-0.3, -0.25) is 28.7 Å². The molecule has 0 aliphatic carbocycles. The molecule has 2 fully saturated rings. The molecule has 2 aliphatic heterocycles. The molecule has 2 aliphatic rings. The molecule has 2 saturated heterocycles. The lowest BCUT2D eigenvalue weighted by Gasteiger charge is -2.17. The lowest BCUT2D eigenvalue weighted by molar-refractivity contribution is -0.0551. The van der Waals surface area contributed by atoms with Gasteiger partial charge in [0.2, 0.25) is 0 Å². The molecule has 2 aromatic heterocycles. The number of nitrogens with zero attached hydrogens (tertiary/aromatic N) is 2. The van der Waals surface area contributed by atoms with E-state index in [9.17, 15) is 34.5 Å². The van der Waals surface area contributed by atoms with Gasteiger partial charge in [-0.15, -0.1) is 0 Å². The molecule has 15 heteroatoms. The van der Waals surface area contributed by atoms with E-state index in [0.717, 1.165) is 4.57 Å². The van der Waals surface area contributed by atoms with Gasteiger partial charge in [0.25, 0.3) is 11.1 Å². The molecule has 35 heavy (non-hydrogen) atoms. The molecule has 2 aromatic rings. The molecule has 0 aromatic carbocycles. The topological polar surface area (TPSA) is 229 Å². The standard InChI is InChI=1S/C10H14N2O6.C10H14N2O5/c1-4-2-12(10(17)11-8(4)16)9-7(15)6(14)5(3-13)18-9;1-5-3-12(10(16)11-9(5)15)8-2-6(14)7(4-13)17-8/h2,5-7,9,13-15H,3H2,1H3,(H,11,16,17);3,6-8,13-14H,2,4H2,1H3,(H,11,15,16)/t5-,6-,7-,9-;6-,7+,8+/m10/s1. The Balaban J connectivity index is 0.000000196. The summed E-state index contributed by atoms with van der Waals surface area (Å²) in [5.74, 6) is 0. The van der Waals surface area contributed by atoms with Crippen LogP contribution in [0.2, 0.25) is 0 Å². The molecular weight excluding hydrogens is 472 g/mol. The zero-order valence-corrected chi connectivity index (χ0v) is 18.9. The highest BCUT2D eigenvalue weighted by molar-refractivity contribution is 5.03. The van der Waals surface area contributed by atoms with Crippen LogP contribution in [-0.2, 0) is 9.47 Å². The van der Waals surface area contributed by atoms with E-state index < -0.39 is 72.1 Å². The largest absolute Gasteiger partial charge is 0.394 e. The van der Waals surface area contributed by atoms with Gasteiger partial charge in [-0.2, -0.15) is 0 Å². The third-order valence-electron chi connectivity index (χ3n) is 5.78. The predicted octanol–water partition coefficient (Wildman–Crippen LogP) is -4.06. The number of hydrogen-bond acceptors (Lipinski definition) is 11. The van der Waals surface area contributed by atoms with E-state index in [1.54, 1.807) is 6.92 Å². The van der Waals surface area contributed by atoms with Gasteiger partial charge in [0, 0.05) is 29.9 Å². The Morgan fingerprint density at radius 2 is 1.34 bits per heavy atom. The number of rotatable bonds is 4. The summed E-state index contributed by atoms with van der Waals surface area (Å²) in [6.07, 6.45) is -4.10. The van der Waals surface area contributed by atoms with Gasteiger partial charge in [0.05, 0.1) is 19.3 Å². The van der Waals surface area contributed by atoms with Crippen molar-refractivity contribution in [3.63, 3.8) is 0 Å². The highest BCUT2D eigenvalue weighted by atomic mass is 16.6. The highest BCUT2D eigenvalue weighted by Crippen LogP contribution is 2.28. The molecule has 15 nitrogen and oxygen atoms in total. The van der Waals surface area contributed by atoms with Gasteiger partial charge < -0.3 is 35.0 Å². The Hall–Kier alpha value is -2.92. The normalized spacial score (nSPS) is 30.2. The molecule has 0 unspecified atom stereocenters. The SMILES string of the molecule is Cc1cn([C@@H]2O[C@H](CO)[C@@H](O)[C@H]2O)c(=O)[nH]c1=O.Cc1cn([C@H]2C[C@H](O)[C@@H](CO)O2)c(=O)[nH]c1=O. The van der Waals surface area contributed by atoms with Crippen LogP contribution in [0.5, 0.6) is 0 Å². The maximum Gasteiger partial charge on any atom is 0.330 e. The van der Waals surface area contributed by atoms with Crippen molar-refractivity contribution < 1.29 is 35.0 Å². The van der Waals surface area contributed by atoms with Gasteiger partial charge in [-0.25, -0.2) is 9.59 Å². The summed E-state index contributed by atoms with van der Waals surface area (Å²) in [5.41, 5.74) is -1.65. The fourth-order valence-electron chi connectivity index (χ4n) is 3.74. The number of ether oxygens (including phenoxy) is 2. The van der Waals surface area contributed by atoms with Crippen molar-refractivity contribution in [2.45, 2.75) is 63.2 Å². The van der Waals surface area contributed by atoms with Crippen LogP contribution < -0.4 is 22.5 Å². The van der Waals surface area contributed by atoms with Crippen LogP contribution in [0.3, 0.4) is 0 Å². The minimum absolute atomic E-state index is 0.205. The van der Waals surface area contributed by atoms with Crippen molar-refractivity contribution in [1.29, 1.82) is 0 Å². The number of aromatic nitrogens is 4. The van der Waals surface area contributed by atoms with E-state index in [1.807, 2.05) is 0 Å². The molecule has 0 amide bonds. The molecule has 7 atom stereocenters. The zero-order chi connectivity index (χ0) is 26.0. The lowest BCUT2D eigenvalue weighted by Crippen LogP contribution is -2.38. The molecule has 194 valence electrons. The van der Waals surface area contributed by atoms with Crippen LogP contribution in [0.4, 0.5) is 0 Å². The Labute approximate surface area is 196 Å². The molecule has 7 N–H and O–H groups in total. The molecule has 0 spiro atoms. The molecule has 4 heterocycles. The van der Waals surface area contributed by atoms with E-state index in [1.165, 1.54) is 23.9 Å². The summed E-state index contributed by atoms with van der Waals surface area (Å²) >= 11 is 0. The first-order chi connectivity index (χ1) is 16.5. The number of H-pyrrole nitrogens is 2. The molecular formula is C20H28N4O11. The van der Waals surface area contributed by atoms with Crippen LogP contribution in [0.1, 0.15) is 30.0 Å². The molecule has 4 rings (SSSR count). The van der Waals surface area contributed by atoms with Gasteiger partial charge in [-0.05, 0) is 13.8 Å². The minimum Gasteiger partial charge on any atom is -0.394 e. The summed E-state index contributed by atoms with van der Waals surface area (Å²) in [7, 11) is 0. The number of aromatic amines is 2. The van der Waals surface area contributed by atoms with Crippen molar-refractivity contribution in [1.82, 2.24) is 19.1 Å². The second kappa shape index (κ2) is 10.8. The summed E-state index contributed by atoms with van der Waals surface area (Å²) in [4.78, 5) is 49.8. The van der Waals surface area contributed by atoms with Crippen molar-refractivity contribution in [2.24, 2.45) is 0 Å². The monoisotopic (exact) mass is 500 g/mol. The van der Waals surface area contributed by atoms with E-state index in [2.05, 4.69) is 9.97 Å². The average Bonchev–Trinajstić information content (AvgIpc) is 3.32. The summed E-state index contributed by atoms with van der Waals surface area (Å²) in [6.45, 7) is 2.28. The third kappa shape index (κ3) is 5.51. The second-order valence-electron chi connectivity index (χ2n) is 8.30. The van der Waals surface area contributed by atoms with Gasteiger partial charge in [-0.1, -0.05) is 0 Å². The van der Waals surface area contributed by atoms with Gasteiger partial charge in [0.1, 0.15) is 30.6 Å². The first kappa shape index (κ1) is 26.7. The first-order valence-electron chi connectivity index (χ1n) is 10.7. The second-order valence-corrected chi connectivity index (χ2v) is 8.30. The van der Waals surface area contributed by atoms with E-state index in [-0.39, 0.29) is 18.6 Å². The number of aryl methyl sites for hydroxylation is 2. The Morgan fingerprint density at radius 1 is 0.829 bits per heavy atom. The maximum atomic E-state index is 11.6. The smallest absolute Gasteiger partial charge is 0.330 e. The molecule has 0 radical (unpaired) electrons.